The molecule has 4 rings (SSSR count). The number of benzene rings is 1. The summed E-state index contributed by atoms with van der Waals surface area (Å²) in [5.74, 6) is -1.83. The van der Waals surface area contributed by atoms with Crippen molar-refractivity contribution in [3.05, 3.63) is 63.8 Å². The Bertz CT molecular complexity index is 1200. The summed E-state index contributed by atoms with van der Waals surface area (Å²) >= 11 is 0. The van der Waals surface area contributed by atoms with E-state index in [2.05, 4.69) is 20.4 Å². The lowest BCUT2D eigenvalue weighted by Gasteiger charge is -2.43. The Balaban J connectivity index is 1.49. The Morgan fingerprint density at radius 1 is 1.16 bits per heavy atom. The number of nitrogens with one attached hydrogen (secondary N) is 3. The van der Waals surface area contributed by atoms with Crippen molar-refractivity contribution in [2.75, 3.05) is 20.1 Å². The highest BCUT2D eigenvalue weighted by molar-refractivity contribution is 5.76. The molecule has 1 aromatic heterocycles. The van der Waals surface area contributed by atoms with E-state index < -0.39 is 24.0 Å². The topological polar surface area (TPSA) is 107 Å². The third kappa shape index (κ3) is 6.71. The van der Waals surface area contributed by atoms with Crippen LogP contribution in [0.2, 0.25) is 0 Å². The van der Waals surface area contributed by atoms with Crippen molar-refractivity contribution in [2.24, 2.45) is 0 Å². The second kappa shape index (κ2) is 10.7. The number of halogens is 4. The van der Waals surface area contributed by atoms with Gasteiger partial charge >= 0.3 is 18.4 Å². The van der Waals surface area contributed by atoms with Gasteiger partial charge in [-0.05, 0) is 37.0 Å². The lowest BCUT2D eigenvalue weighted by atomic mass is 9.88. The number of ether oxygens (including phenoxy) is 1. The molecule has 200 valence electrons. The Hall–Kier alpha value is -3.77. The fourth-order valence-corrected chi connectivity index (χ4v) is 4.67. The molecular formula is C24H27F4N5O4. The summed E-state index contributed by atoms with van der Waals surface area (Å²) in [5.41, 5.74) is 0.481. The molecule has 1 saturated carbocycles. The molecule has 0 radical (unpaired) electrons. The van der Waals surface area contributed by atoms with Crippen molar-refractivity contribution >= 4 is 12.1 Å². The minimum atomic E-state index is -4.94. The number of nitrogens with zero attached hydrogens (tertiary/aromatic N) is 2. The predicted molar refractivity (Wildman–Crippen MR) is 124 cm³/mol. The number of amides is 4. The first-order chi connectivity index (χ1) is 17.5. The maximum atomic E-state index is 14.4. The first-order valence-electron chi connectivity index (χ1n) is 11.8. The predicted octanol–water partition coefficient (Wildman–Crippen LogP) is 3.28. The standard InChI is InChI=1S/C24H27F4N5O4/c1-29-22(35)32-12-16(14-6-7-30-21(34)9-14)8-18(13-32)33(17-3-4-17)23(36)31-11-15-2-5-19(10-20(15)25)37-24(26,27)28/h2,5-7,9-10,16-18H,3-4,8,11-13H2,1H3,(H,29,35)(H,30,34)(H,31,36). The van der Waals surface area contributed by atoms with Gasteiger partial charge in [0.05, 0.1) is 6.04 Å². The number of rotatable bonds is 6. The summed E-state index contributed by atoms with van der Waals surface area (Å²) in [6.45, 7) is 0.405. The van der Waals surface area contributed by atoms with Gasteiger partial charge in [0.1, 0.15) is 11.6 Å². The minimum absolute atomic E-state index is 0.00404. The lowest BCUT2D eigenvalue weighted by molar-refractivity contribution is -0.274. The van der Waals surface area contributed by atoms with Gasteiger partial charge in [0.2, 0.25) is 5.56 Å². The molecular weight excluding hydrogens is 498 g/mol. The van der Waals surface area contributed by atoms with E-state index in [1.54, 1.807) is 15.9 Å². The molecule has 1 aromatic carbocycles. The van der Waals surface area contributed by atoms with Gasteiger partial charge in [-0.3, -0.25) is 4.79 Å². The molecule has 13 heteroatoms. The maximum absolute atomic E-state index is 14.4. The molecule has 37 heavy (non-hydrogen) atoms. The molecule has 0 spiro atoms. The number of hydrogen-bond donors (Lipinski definition) is 3. The highest BCUT2D eigenvalue weighted by Crippen LogP contribution is 2.35. The molecule has 1 saturated heterocycles. The van der Waals surface area contributed by atoms with Crippen molar-refractivity contribution in [3.63, 3.8) is 0 Å². The van der Waals surface area contributed by atoms with Gasteiger partial charge in [0.25, 0.3) is 0 Å². The van der Waals surface area contributed by atoms with Crippen LogP contribution in [0, 0.1) is 5.82 Å². The Morgan fingerprint density at radius 3 is 2.54 bits per heavy atom. The van der Waals surface area contributed by atoms with Gasteiger partial charge in [0, 0.05) is 62.5 Å². The number of alkyl halides is 3. The number of pyridine rings is 1. The normalized spacial score (nSPS) is 19.8. The Kier molecular flexibility index (Phi) is 7.60. The molecule has 3 N–H and O–H groups in total. The molecule has 2 aliphatic rings. The van der Waals surface area contributed by atoms with Crippen molar-refractivity contribution < 1.29 is 31.9 Å². The number of aromatic nitrogens is 1. The summed E-state index contributed by atoms with van der Waals surface area (Å²) in [6.07, 6.45) is -1.34. The van der Waals surface area contributed by atoms with Gasteiger partial charge in [-0.15, -0.1) is 13.2 Å². The number of hydrogen-bond acceptors (Lipinski definition) is 4. The van der Waals surface area contributed by atoms with Gasteiger partial charge in [-0.2, -0.15) is 0 Å². The second-order valence-corrected chi connectivity index (χ2v) is 9.13. The monoisotopic (exact) mass is 525 g/mol. The van der Waals surface area contributed by atoms with Crippen LogP contribution in [0.1, 0.15) is 36.3 Å². The maximum Gasteiger partial charge on any atom is 0.573 e. The number of urea groups is 2. The highest BCUT2D eigenvalue weighted by Gasteiger charge is 2.42. The zero-order valence-electron chi connectivity index (χ0n) is 20.0. The van der Waals surface area contributed by atoms with Gasteiger partial charge in [0.15, 0.2) is 0 Å². The quantitative estimate of drug-likeness (QED) is 0.504. The number of aromatic amines is 1. The van der Waals surface area contributed by atoms with E-state index in [-0.39, 0.29) is 48.2 Å². The van der Waals surface area contributed by atoms with Crippen LogP contribution in [-0.4, -0.2) is 65.4 Å². The van der Waals surface area contributed by atoms with E-state index >= 15 is 0 Å². The number of piperidine rings is 1. The number of carbonyl (C=O) groups excluding carboxylic acids is 2. The molecule has 4 amide bonds. The molecule has 2 heterocycles. The van der Waals surface area contributed by atoms with Crippen LogP contribution in [0.25, 0.3) is 0 Å². The van der Waals surface area contributed by atoms with Crippen molar-refractivity contribution in [2.45, 2.75) is 50.2 Å². The molecule has 9 nitrogen and oxygen atoms in total. The molecule has 1 aliphatic carbocycles. The van der Waals surface area contributed by atoms with Crippen LogP contribution >= 0.6 is 0 Å². The van der Waals surface area contributed by atoms with E-state index in [9.17, 15) is 31.9 Å². The Morgan fingerprint density at radius 2 is 1.92 bits per heavy atom. The minimum Gasteiger partial charge on any atom is -0.406 e. The third-order valence-corrected chi connectivity index (χ3v) is 6.46. The fraction of sp³-hybridized carbons (Fsp3) is 0.458. The summed E-state index contributed by atoms with van der Waals surface area (Å²) in [7, 11) is 1.51. The van der Waals surface area contributed by atoms with Gasteiger partial charge in [-0.1, -0.05) is 6.07 Å². The molecule has 2 unspecified atom stereocenters. The average molecular weight is 526 g/mol. The van der Waals surface area contributed by atoms with Crippen LogP contribution in [-0.2, 0) is 6.54 Å². The molecule has 0 bridgehead atoms. The van der Waals surface area contributed by atoms with Crippen LogP contribution in [0.5, 0.6) is 5.75 Å². The fourth-order valence-electron chi connectivity index (χ4n) is 4.67. The van der Waals surface area contributed by atoms with E-state index in [0.717, 1.165) is 30.5 Å². The van der Waals surface area contributed by atoms with Crippen LogP contribution in [0.4, 0.5) is 27.2 Å². The molecule has 2 atom stereocenters. The van der Waals surface area contributed by atoms with E-state index in [0.29, 0.717) is 19.0 Å². The van der Waals surface area contributed by atoms with E-state index in [1.165, 1.54) is 19.3 Å². The van der Waals surface area contributed by atoms with E-state index in [4.69, 9.17) is 0 Å². The third-order valence-electron chi connectivity index (χ3n) is 6.46. The molecule has 2 aromatic rings. The largest absolute Gasteiger partial charge is 0.573 e. The summed E-state index contributed by atoms with van der Waals surface area (Å²) in [6, 6.07) is 4.77. The molecule has 1 aliphatic heterocycles. The number of H-pyrrole nitrogens is 1. The first kappa shape index (κ1) is 26.3. The van der Waals surface area contributed by atoms with Crippen LogP contribution in [0.15, 0.2) is 41.3 Å². The summed E-state index contributed by atoms with van der Waals surface area (Å²) < 4.78 is 55.2. The number of carbonyl (C=O) groups is 2. The number of likely N-dealkylation sites (tertiary alicyclic amines) is 1. The van der Waals surface area contributed by atoms with Crippen molar-refractivity contribution in [1.29, 1.82) is 0 Å². The summed E-state index contributed by atoms with van der Waals surface area (Å²) in [5, 5.41) is 5.26. The van der Waals surface area contributed by atoms with Crippen LogP contribution in [0.3, 0.4) is 0 Å². The second-order valence-electron chi connectivity index (χ2n) is 9.13. The average Bonchev–Trinajstić information content (AvgIpc) is 3.67. The highest BCUT2D eigenvalue weighted by atomic mass is 19.4. The van der Waals surface area contributed by atoms with Crippen molar-refractivity contribution in [3.8, 4) is 5.75 Å². The zero-order valence-corrected chi connectivity index (χ0v) is 20.0. The van der Waals surface area contributed by atoms with Gasteiger partial charge in [-0.25, -0.2) is 14.0 Å². The van der Waals surface area contributed by atoms with Crippen molar-refractivity contribution in [1.82, 2.24) is 25.4 Å². The SMILES string of the molecule is CNC(=O)N1CC(c2cc[nH]c(=O)c2)CC(N(C(=O)NCc2ccc(OC(F)(F)F)cc2F)C2CC2)C1. The first-order valence-corrected chi connectivity index (χ1v) is 11.8. The Labute approximate surface area is 209 Å². The van der Waals surface area contributed by atoms with Gasteiger partial charge < -0.3 is 30.2 Å². The lowest BCUT2D eigenvalue weighted by Crippen LogP contribution is -2.57. The summed E-state index contributed by atoms with van der Waals surface area (Å²) in [4.78, 5) is 43.4. The smallest absolute Gasteiger partial charge is 0.406 e. The zero-order chi connectivity index (χ0) is 26.7. The van der Waals surface area contributed by atoms with Crippen LogP contribution < -0.4 is 20.9 Å². The van der Waals surface area contributed by atoms with E-state index in [1.807, 2.05) is 0 Å². The molecule has 2 fully saturated rings.